The molecule has 0 saturated carbocycles. The Balaban J connectivity index is 1.52. The highest BCUT2D eigenvalue weighted by Gasteiger charge is 2.44. The monoisotopic (exact) mass is 299 g/mol. The van der Waals surface area contributed by atoms with E-state index in [-0.39, 0.29) is 17.6 Å². The number of hydrogen-bond donors (Lipinski definition) is 0. The molecule has 0 aliphatic carbocycles. The average Bonchev–Trinajstić information content (AvgIpc) is 2.91. The Kier molecular flexibility index (Phi) is 4.58. The zero-order valence-corrected chi connectivity index (χ0v) is 13.1. The van der Waals surface area contributed by atoms with Crippen molar-refractivity contribution in [3.05, 3.63) is 0 Å². The summed E-state index contributed by atoms with van der Waals surface area (Å²) in [5, 5.41) is 0. The van der Waals surface area contributed by atoms with Gasteiger partial charge >= 0.3 is 0 Å². The number of amides is 1. The number of likely N-dealkylation sites (tertiary alicyclic amines) is 1. The minimum atomic E-state index is -0.0140. The van der Waals surface area contributed by atoms with Gasteiger partial charge in [0.2, 0.25) is 5.91 Å². The van der Waals surface area contributed by atoms with Crippen molar-refractivity contribution in [3.63, 3.8) is 0 Å². The van der Waals surface area contributed by atoms with E-state index >= 15 is 0 Å². The number of piperidine rings is 1. The molecule has 3 aliphatic rings. The Hall–Kier alpha value is -0.260. The SMILES string of the molecule is COC1COC2(CCN(C(=O)C3CCSCC3)CC2)C1. The maximum atomic E-state index is 12.5. The van der Waals surface area contributed by atoms with Gasteiger partial charge in [0, 0.05) is 32.5 Å². The molecular formula is C15H25NO3S. The number of ether oxygens (including phenoxy) is 2. The van der Waals surface area contributed by atoms with Crippen LogP contribution in [0, 0.1) is 5.92 Å². The van der Waals surface area contributed by atoms with Crippen LogP contribution in [0.3, 0.4) is 0 Å². The number of carbonyl (C=O) groups is 1. The number of methoxy groups -OCH3 is 1. The van der Waals surface area contributed by atoms with Crippen molar-refractivity contribution in [2.75, 3.05) is 38.3 Å². The van der Waals surface area contributed by atoms with Crippen LogP contribution in [0.15, 0.2) is 0 Å². The predicted molar refractivity (Wildman–Crippen MR) is 80.0 cm³/mol. The van der Waals surface area contributed by atoms with Gasteiger partial charge in [0.15, 0.2) is 0 Å². The molecule has 3 fully saturated rings. The van der Waals surface area contributed by atoms with Crippen LogP contribution >= 0.6 is 11.8 Å². The Morgan fingerprint density at radius 2 is 2.00 bits per heavy atom. The first-order valence-electron chi connectivity index (χ1n) is 7.76. The lowest BCUT2D eigenvalue weighted by Gasteiger charge is -2.40. The van der Waals surface area contributed by atoms with Crippen LogP contribution in [0.1, 0.15) is 32.1 Å². The summed E-state index contributed by atoms with van der Waals surface area (Å²) in [5.74, 6) is 2.96. The van der Waals surface area contributed by atoms with Crippen LogP contribution in [0.5, 0.6) is 0 Å². The van der Waals surface area contributed by atoms with E-state index in [1.807, 2.05) is 11.8 Å². The van der Waals surface area contributed by atoms with E-state index in [0.29, 0.717) is 12.5 Å². The summed E-state index contributed by atoms with van der Waals surface area (Å²) in [7, 11) is 1.76. The van der Waals surface area contributed by atoms with Crippen molar-refractivity contribution in [1.82, 2.24) is 4.90 Å². The van der Waals surface area contributed by atoms with Gasteiger partial charge in [-0.05, 0) is 37.2 Å². The molecular weight excluding hydrogens is 274 g/mol. The summed E-state index contributed by atoms with van der Waals surface area (Å²) in [4.78, 5) is 14.6. The van der Waals surface area contributed by atoms with Crippen LogP contribution < -0.4 is 0 Å². The molecule has 1 unspecified atom stereocenters. The Labute approximate surface area is 125 Å². The average molecular weight is 299 g/mol. The first-order valence-corrected chi connectivity index (χ1v) is 8.91. The molecule has 1 atom stereocenters. The largest absolute Gasteiger partial charge is 0.379 e. The second kappa shape index (κ2) is 6.24. The normalized spacial score (nSPS) is 30.9. The maximum absolute atomic E-state index is 12.5. The first-order chi connectivity index (χ1) is 9.72. The lowest BCUT2D eigenvalue weighted by atomic mass is 9.87. The molecule has 0 aromatic carbocycles. The molecule has 114 valence electrons. The van der Waals surface area contributed by atoms with Crippen molar-refractivity contribution in [3.8, 4) is 0 Å². The highest BCUT2D eigenvalue weighted by Crippen LogP contribution is 2.37. The van der Waals surface area contributed by atoms with Crippen molar-refractivity contribution in [2.24, 2.45) is 5.92 Å². The summed E-state index contributed by atoms with van der Waals surface area (Å²) in [6, 6.07) is 0. The van der Waals surface area contributed by atoms with Gasteiger partial charge in [0.25, 0.3) is 0 Å². The molecule has 1 amide bonds. The number of rotatable bonds is 2. The van der Waals surface area contributed by atoms with Crippen molar-refractivity contribution in [1.29, 1.82) is 0 Å². The molecule has 4 nitrogen and oxygen atoms in total. The molecule has 5 heteroatoms. The van der Waals surface area contributed by atoms with Gasteiger partial charge in [-0.3, -0.25) is 4.79 Å². The molecule has 0 bridgehead atoms. The van der Waals surface area contributed by atoms with E-state index in [2.05, 4.69) is 4.90 Å². The number of nitrogens with zero attached hydrogens (tertiary/aromatic N) is 1. The van der Waals surface area contributed by atoms with Crippen LogP contribution in [-0.2, 0) is 14.3 Å². The number of carbonyl (C=O) groups excluding carboxylic acids is 1. The molecule has 3 rings (SSSR count). The van der Waals surface area contributed by atoms with E-state index in [9.17, 15) is 4.79 Å². The molecule has 0 aromatic heterocycles. The van der Waals surface area contributed by atoms with Gasteiger partial charge in [-0.1, -0.05) is 0 Å². The maximum Gasteiger partial charge on any atom is 0.225 e. The highest BCUT2D eigenvalue weighted by molar-refractivity contribution is 7.99. The van der Waals surface area contributed by atoms with Gasteiger partial charge in [-0.2, -0.15) is 11.8 Å². The van der Waals surface area contributed by atoms with E-state index in [1.165, 1.54) is 0 Å². The second-order valence-corrected chi connectivity index (χ2v) is 7.49. The highest BCUT2D eigenvalue weighted by atomic mass is 32.2. The molecule has 0 radical (unpaired) electrons. The fraction of sp³-hybridized carbons (Fsp3) is 0.933. The quantitative estimate of drug-likeness (QED) is 0.781. The van der Waals surface area contributed by atoms with Crippen molar-refractivity contribution < 1.29 is 14.3 Å². The zero-order valence-electron chi connectivity index (χ0n) is 12.3. The van der Waals surface area contributed by atoms with Gasteiger partial charge in [-0.25, -0.2) is 0 Å². The Morgan fingerprint density at radius 3 is 2.60 bits per heavy atom. The molecule has 3 aliphatic heterocycles. The number of thioether (sulfide) groups is 1. The first kappa shape index (κ1) is 14.7. The van der Waals surface area contributed by atoms with Crippen molar-refractivity contribution >= 4 is 17.7 Å². The smallest absolute Gasteiger partial charge is 0.225 e. The molecule has 3 heterocycles. The van der Waals surface area contributed by atoms with Crippen LogP contribution in [-0.4, -0.2) is 60.8 Å². The van der Waals surface area contributed by atoms with Gasteiger partial charge in [0.05, 0.1) is 18.3 Å². The predicted octanol–water partition coefficient (Wildman–Crippen LogP) is 1.93. The zero-order chi connectivity index (χ0) is 14.0. The minimum absolute atomic E-state index is 0.0140. The third kappa shape index (κ3) is 3.00. The Morgan fingerprint density at radius 1 is 1.30 bits per heavy atom. The fourth-order valence-electron chi connectivity index (χ4n) is 3.64. The molecule has 0 aromatic rings. The van der Waals surface area contributed by atoms with E-state index in [0.717, 1.165) is 56.7 Å². The standard InChI is InChI=1S/C15H25NO3S/c1-18-13-10-15(19-11-13)4-6-16(7-5-15)14(17)12-2-8-20-9-3-12/h12-13H,2-11H2,1H3. The van der Waals surface area contributed by atoms with Crippen LogP contribution in [0.4, 0.5) is 0 Å². The summed E-state index contributed by atoms with van der Waals surface area (Å²) in [6.07, 6.45) is 5.31. The van der Waals surface area contributed by atoms with Gasteiger partial charge < -0.3 is 14.4 Å². The second-order valence-electron chi connectivity index (χ2n) is 6.27. The van der Waals surface area contributed by atoms with E-state index in [4.69, 9.17) is 9.47 Å². The summed E-state index contributed by atoms with van der Waals surface area (Å²) < 4.78 is 11.4. The van der Waals surface area contributed by atoms with E-state index < -0.39 is 0 Å². The topological polar surface area (TPSA) is 38.8 Å². The third-order valence-corrected chi connectivity index (χ3v) is 6.11. The fourth-order valence-corrected chi connectivity index (χ4v) is 4.75. The summed E-state index contributed by atoms with van der Waals surface area (Å²) >= 11 is 1.98. The number of hydrogen-bond acceptors (Lipinski definition) is 4. The molecule has 3 saturated heterocycles. The molecule has 1 spiro atoms. The van der Waals surface area contributed by atoms with Crippen LogP contribution in [0.25, 0.3) is 0 Å². The molecule has 0 N–H and O–H groups in total. The third-order valence-electron chi connectivity index (χ3n) is 5.07. The van der Waals surface area contributed by atoms with Gasteiger partial charge in [-0.15, -0.1) is 0 Å². The lowest BCUT2D eigenvalue weighted by Crippen LogP contribution is -2.48. The van der Waals surface area contributed by atoms with Crippen molar-refractivity contribution in [2.45, 2.75) is 43.8 Å². The summed E-state index contributed by atoms with van der Waals surface area (Å²) in [6.45, 7) is 2.43. The van der Waals surface area contributed by atoms with E-state index in [1.54, 1.807) is 7.11 Å². The Bertz CT molecular complexity index is 349. The lowest BCUT2D eigenvalue weighted by molar-refractivity contribution is -0.140. The minimum Gasteiger partial charge on any atom is -0.379 e. The van der Waals surface area contributed by atoms with Gasteiger partial charge in [0.1, 0.15) is 0 Å². The van der Waals surface area contributed by atoms with Crippen LogP contribution in [0.2, 0.25) is 0 Å². The molecule has 20 heavy (non-hydrogen) atoms. The summed E-state index contributed by atoms with van der Waals surface area (Å²) in [5.41, 5.74) is -0.0140.